The van der Waals surface area contributed by atoms with Crippen molar-refractivity contribution in [2.45, 2.75) is 52.0 Å². The number of para-hydroxylation sites is 1. The van der Waals surface area contributed by atoms with Crippen LogP contribution in [0.2, 0.25) is 0 Å². The first kappa shape index (κ1) is 15.5. The average Bonchev–Trinajstić information content (AvgIpc) is 2.89. The fourth-order valence-corrected chi connectivity index (χ4v) is 4.53. The summed E-state index contributed by atoms with van der Waals surface area (Å²) in [7, 11) is 0. The Morgan fingerprint density at radius 2 is 2.14 bits per heavy atom. The Morgan fingerprint density at radius 1 is 1.36 bits per heavy atom. The van der Waals surface area contributed by atoms with Crippen LogP contribution in [0, 0.1) is 11.8 Å². The molecule has 4 atom stereocenters. The Kier molecular flexibility index (Phi) is 4.53. The van der Waals surface area contributed by atoms with Gasteiger partial charge in [-0.05, 0) is 42.9 Å². The SMILES string of the molecule is CC[C@H]1CN2CC[C@@H](c3ccccc3NC(C)=O)C2CC1C. The normalized spacial score (nSPS) is 31.8. The number of fused-ring (bicyclic) bond motifs is 1. The number of hydrogen-bond acceptors (Lipinski definition) is 2. The number of carbonyl (C=O) groups is 1. The van der Waals surface area contributed by atoms with Gasteiger partial charge in [-0.25, -0.2) is 0 Å². The number of anilines is 1. The van der Waals surface area contributed by atoms with Crippen LogP contribution in [0.5, 0.6) is 0 Å². The lowest BCUT2D eigenvalue weighted by atomic mass is 9.77. The van der Waals surface area contributed by atoms with Crippen molar-refractivity contribution in [3.63, 3.8) is 0 Å². The van der Waals surface area contributed by atoms with Crippen molar-refractivity contribution in [1.29, 1.82) is 0 Å². The highest BCUT2D eigenvalue weighted by molar-refractivity contribution is 5.89. The first-order chi connectivity index (χ1) is 10.6. The molecule has 0 bridgehead atoms. The zero-order valence-corrected chi connectivity index (χ0v) is 14.0. The van der Waals surface area contributed by atoms with Crippen LogP contribution in [0.4, 0.5) is 5.69 Å². The molecule has 0 aliphatic carbocycles. The molecule has 2 saturated heterocycles. The second kappa shape index (κ2) is 6.41. The third-order valence-electron chi connectivity index (χ3n) is 5.74. The molecule has 3 nitrogen and oxygen atoms in total. The second-order valence-corrected chi connectivity index (χ2v) is 7.11. The molecule has 3 rings (SSSR count). The molecule has 0 saturated carbocycles. The molecular weight excluding hydrogens is 272 g/mol. The maximum atomic E-state index is 11.5. The molecule has 2 heterocycles. The first-order valence-electron chi connectivity index (χ1n) is 8.70. The van der Waals surface area contributed by atoms with Crippen LogP contribution in [-0.4, -0.2) is 29.9 Å². The molecule has 22 heavy (non-hydrogen) atoms. The van der Waals surface area contributed by atoms with Crippen LogP contribution in [0.1, 0.15) is 51.5 Å². The zero-order chi connectivity index (χ0) is 15.7. The van der Waals surface area contributed by atoms with Crippen LogP contribution in [-0.2, 0) is 4.79 Å². The molecule has 1 aromatic carbocycles. The number of carbonyl (C=O) groups excluding carboxylic acids is 1. The fraction of sp³-hybridized carbons (Fsp3) is 0.632. The van der Waals surface area contributed by atoms with E-state index in [4.69, 9.17) is 0 Å². The summed E-state index contributed by atoms with van der Waals surface area (Å²) >= 11 is 0. The van der Waals surface area contributed by atoms with Gasteiger partial charge in [-0.2, -0.15) is 0 Å². The molecule has 0 spiro atoms. The highest BCUT2D eigenvalue weighted by atomic mass is 16.1. The molecule has 1 amide bonds. The summed E-state index contributed by atoms with van der Waals surface area (Å²) in [6.45, 7) is 8.78. The summed E-state index contributed by atoms with van der Waals surface area (Å²) in [5, 5.41) is 3.02. The Hall–Kier alpha value is -1.35. The summed E-state index contributed by atoms with van der Waals surface area (Å²) in [6.07, 6.45) is 3.79. The third kappa shape index (κ3) is 2.91. The lowest BCUT2D eigenvalue weighted by Crippen LogP contribution is -2.44. The van der Waals surface area contributed by atoms with Crippen LogP contribution in [0.15, 0.2) is 24.3 Å². The van der Waals surface area contributed by atoms with Crippen LogP contribution >= 0.6 is 0 Å². The van der Waals surface area contributed by atoms with Gasteiger partial charge in [0.25, 0.3) is 0 Å². The second-order valence-electron chi connectivity index (χ2n) is 7.11. The van der Waals surface area contributed by atoms with Gasteiger partial charge >= 0.3 is 0 Å². The number of nitrogens with zero attached hydrogens (tertiary/aromatic N) is 1. The number of benzene rings is 1. The van der Waals surface area contributed by atoms with E-state index in [0.29, 0.717) is 12.0 Å². The van der Waals surface area contributed by atoms with Gasteiger partial charge in [0.15, 0.2) is 0 Å². The molecule has 0 radical (unpaired) electrons. The molecule has 120 valence electrons. The van der Waals surface area contributed by atoms with E-state index >= 15 is 0 Å². The summed E-state index contributed by atoms with van der Waals surface area (Å²) in [5.74, 6) is 2.23. The van der Waals surface area contributed by atoms with Crippen molar-refractivity contribution in [1.82, 2.24) is 4.90 Å². The minimum Gasteiger partial charge on any atom is -0.326 e. The van der Waals surface area contributed by atoms with Gasteiger partial charge in [0.2, 0.25) is 5.91 Å². The quantitative estimate of drug-likeness (QED) is 0.919. The topological polar surface area (TPSA) is 32.3 Å². The van der Waals surface area contributed by atoms with Gasteiger partial charge in [-0.15, -0.1) is 0 Å². The van der Waals surface area contributed by atoms with E-state index in [1.54, 1.807) is 6.92 Å². The molecular formula is C19H28N2O. The van der Waals surface area contributed by atoms with E-state index in [9.17, 15) is 4.79 Å². The van der Waals surface area contributed by atoms with Crippen LogP contribution in [0.25, 0.3) is 0 Å². The number of nitrogens with one attached hydrogen (secondary N) is 1. The minimum absolute atomic E-state index is 0.0189. The molecule has 2 unspecified atom stereocenters. The van der Waals surface area contributed by atoms with Crippen molar-refractivity contribution in [2.24, 2.45) is 11.8 Å². The van der Waals surface area contributed by atoms with Crippen LogP contribution < -0.4 is 5.32 Å². The van der Waals surface area contributed by atoms with Gasteiger partial charge in [0, 0.05) is 31.1 Å². The highest BCUT2D eigenvalue weighted by Crippen LogP contribution is 2.44. The third-order valence-corrected chi connectivity index (χ3v) is 5.74. The van der Waals surface area contributed by atoms with Crippen molar-refractivity contribution in [3.8, 4) is 0 Å². The summed E-state index contributed by atoms with van der Waals surface area (Å²) < 4.78 is 0. The van der Waals surface area contributed by atoms with Gasteiger partial charge in [-0.1, -0.05) is 38.5 Å². The number of hydrogen-bond donors (Lipinski definition) is 1. The Labute approximate surface area is 134 Å². The van der Waals surface area contributed by atoms with Crippen molar-refractivity contribution in [3.05, 3.63) is 29.8 Å². The Balaban J connectivity index is 1.83. The van der Waals surface area contributed by atoms with Crippen molar-refractivity contribution >= 4 is 11.6 Å². The van der Waals surface area contributed by atoms with Crippen LogP contribution in [0.3, 0.4) is 0 Å². The molecule has 2 aliphatic heterocycles. The molecule has 1 N–H and O–H groups in total. The maximum Gasteiger partial charge on any atom is 0.221 e. The van der Waals surface area contributed by atoms with Crippen molar-refractivity contribution in [2.75, 3.05) is 18.4 Å². The summed E-state index contributed by atoms with van der Waals surface area (Å²) in [4.78, 5) is 14.2. The summed E-state index contributed by atoms with van der Waals surface area (Å²) in [6, 6.07) is 9.01. The maximum absolute atomic E-state index is 11.5. The van der Waals surface area contributed by atoms with E-state index in [0.717, 1.165) is 17.5 Å². The molecule has 2 fully saturated rings. The van der Waals surface area contributed by atoms with E-state index in [-0.39, 0.29) is 5.91 Å². The number of rotatable bonds is 3. The number of piperidine rings is 1. The average molecular weight is 300 g/mol. The van der Waals surface area contributed by atoms with Crippen molar-refractivity contribution < 1.29 is 4.79 Å². The molecule has 2 aliphatic rings. The Morgan fingerprint density at radius 3 is 2.86 bits per heavy atom. The molecule has 0 aromatic heterocycles. The van der Waals surface area contributed by atoms with Gasteiger partial charge in [0.1, 0.15) is 0 Å². The predicted octanol–water partition coefficient (Wildman–Crippen LogP) is 3.87. The highest BCUT2D eigenvalue weighted by Gasteiger charge is 2.41. The molecule has 1 aromatic rings. The standard InChI is InChI=1S/C19H28N2O/c1-4-15-12-21-10-9-17(19(21)11-13(15)2)16-7-5-6-8-18(16)20-14(3)22/h5-8,13,15,17,19H,4,9-12H2,1-3H3,(H,20,22)/t13?,15-,17-,19?/m0/s1. The van der Waals surface area contributed by atoms with E-state index < -0.39 is 0 Å². The smallest absolute Gasteiger partial charge is 0.221 e. The lowest BCUT2D eigenvalue weighted by molar-refractivity contribution is -0.114. The zero-order valence-electron chi connectivity index (χ0n) is 14.0. The number of amides is 1. The minimum atomic E-state index is 0.0189. The van der Waals surface area contributed by atoms with Gasteiger partial charge < -0.3 is 5.32 Å². The lowest BCUT2D eigenvalue weighted by Gasteiger charge is -2.41. The first-order valence-corrected chi connectivity index (χ1v) is 8.70. The van der Waals surface area contributed by atoms with Gasteiger partial charge in [-0.3, -0.25) is 9.69 Å². The predicted molar refractivity (Wildman–Crippen MR) is 91.0 cm³/mol. The van der Waals surface area contributed by atoms with E-state index in [1.807, 2.05) is 12.1 Å². The molecule has 3 heteroatoms. The monoisotopic (exact) mass is 300 g/mol. The summed E-state index contributed by atoms with van der Waals surface area (Å²) in [5.41, 5.74) is 2.33. The van der Waals surface area contributed by atoms with E-state index in [1.165, 1.54) is 37.9 Å². The van der Waals surface area contributed by atoms with Gasteiger partial charge in [0.05, 0.1) is 0 Å². The fourth-order valence-electron chi connectivity index (χ4n) is 4.53. The van der Waals surface area contributed by atoms with E-state index in [2.05, 4.69) is 36.2 Å². The largest absolute Gasteiger partial charge is 0.326 e. The Bertz CT molecular complexity index is 542.